The Hall–Kier alpha value is -6.44. The van der Waals surface area contributed by atoms with Crippen LogP contribution in [-0.2, 0) is 12.8 Å². The van der Waals surface area contributed by atoms with Gasteiger partial charge in [-0.2, -0.15) is 0 Å². The van der Waals surface area contributed by atoms with Crippen molar-refractivity contribution in [1.82, 2.24) is 4.57 Å². The van der Waals surface area contributed by atoms with Gasteiger partial charge < -0.3 is 4.57 Å². The molecule has 0 unspecified atom stereocenters. The Bertz CT molecular complexity index is 2630. The van der Waals surface area contributed by atoms with Gasteiger partial charge in [0.25, 0.3) is 0 Å². The van der Waals surface area contributed by atoms with Gasteiger partial charge in [-0.1, -0.05) is 127 Å². The molecular weight excluding hydrogens is 663 g/mol. The number of allylic oxidation sites excluding steroid dienone is 4. The summed E-state index contributed by atoms with van der Waals surface area (Å²) in [6.45, 7) is 4.29. The number of hydrogen-bond acceptors (Lipinski definition) is 0. The third-order valence-corrected chi connectivity index (χ3v) is 11.2. The molecule has 0 N–H and O–H groups in total. The molecule has 7 aromatic carbocycles. The number of aromatic nitrogens is 1. The maximum atomic E-state index is 2.58. The Kier molecular flexibility index (Phi) is 9.44. The summed E-state index contributed by atoms with van der Waals surface area (Å²) >= 11 is 0. The first kappa shape index (κ1) is 34.3. The molecule has 55 heavy (non-hydrogen) atoms. The van der Waals surface area contributed by atoms with Crippen molar-refractivity contribution in [3.8, 4) is 61.3 Å². The van der Waals surface area contributed by atoms with Crippen LogP contribution in [0.3, 0.4) is 0 Å². The molecule has 1 aromatic heterocycles. The highest BCUT2D eigenvalue weighted by Crippen LogP contribution is 2.40. The molecule has 0 radical (unpaired) electrons. The van der Waals surface area contributed by atoms with Crippen LogP contribution in [0, 0.1) is 0 Å². The number of para-hydroxylation sites is 1. The van der Waals surface area contributed by atoms with Gasteiger partial charge in [-0.25, -0.2) is 0 Å². The minimum absolute atomic E-state index is 1.09. The summed E-state index contributed by atoms with van der Waals surface area (Å²) < 4.78 is 2.58. The summed E-state index contributed by atoms with van der Waals surface area (Å²) in [5.74, 6) is 0. The Morgan fingerprint density at radius 1 is 0.473 bits per heavy atom. The van der Waals surface area contributed by atoms with Crippen LogP contribution in [0.25, 0.3) is 77.8 Å². The number of rotatable bonds is 8. The Balaban J connectivity index is 1.33. The van der Waals surface area contributed by atoms with Crippen LogP contribution in [0.1, 0.15) is 43.5 Å². The second kappa shape index (κ2) is 15.1. The van der Waals surface area contributed by atoms with E-state index in [4.69, 9.17) is 0 Å². The van der Waals surface area contributed by atoms with Gasteiger partial charge in [-0.15, -0.1) is 0 Å². The van der Waals surface area contributed by atoms with Crippen molar-refractivity contribution in [2.45, 2.75) is 39.5 Å². The summed E-state index contributed by atoms with van der Waals surface area (Å²) in [5, 5.41) is 1.39. The summed E-state index contributed by atoms with van der Waals surface area (Å²) in [6, 6.07) is 62.9. The van der Waals surface area contributed by atoms with Crippen molar-refractivity contribution in [3.05, 3.63) is 205 Å². The minimum Gasteiger partial charge on any atom is -0.313 e. The molecule has 1 nitrogen and oxygen atoms in total. The van der Waals surface area contributed by atoms with E-state index < -0.39 is 0 Å². The molecule has 8 aromatic rings. The van der Waals surface area contributed by atoms with Crippen molar-refractivity contribution < 1.29 is 0 Å². The number of hydrogen-bond donors (Lipinski definition) is 0. The molecule has 1 aliphatic rings. The van der Waals surface area contributed by atoms with Gasteiger partial charge in [-0.05, 0) is 173 Å². The van der Waals surface area contributed by atoms with Crippen molar-refractivity contribution in [1.29, 1.82) is 0 Å². The molecule has 266 valence electrons. The van der Waals surface area contributed by atoms with Crippen LogP contribution < -0.4 is 0 Å². The highest BCUT2D eigenvalue weighted by Gasteiger charge is 2.22. The lowest BCUT2D eigenvalue weighted by atomic mass is 9.90. The highest BCUT2D eigenvalue weighted by molar-refractivity contribution is 5.90. The van der Waals surface area contributed by atoms with E-state index in [-0.39, 0.29) is 0 Å². The standard InChI is InChI=1S/C54H45N/c1-3-4-18-38(2)42-29-43(39-19-8-5-9-20-39)32-46(30-42)48-35-49(37-50(36-48)55-53-27-16-14-25-51(53)52-26-15-17-28-54(52)55)47-33-44(40-21-10-6-11-22-40)31-45(34-47)41-23-12-7-13-24-41/h3-14,16,18-25,27,29-37H,15,17,26,28H2,1-2H3/b4-3-,38-18+. The molecule has 0 aliphatic heterocycles. The van der Waals surface area contributed by atoms with Gasteiger partial charge >= 0.3 is 0 Å². The Morgan fingerprint density at radius 2 is 0.909 bits per heavy atom. The van der Waals surface area contributed by atoms with Crippen LogP contribution in [0.4, 0.5) is 0 Å². The van der Waals surface area contributed by atoms with Gasteiger partial charge in [0.2, 0.25) is 0 Å². The van der Waals surface area contributed by atoms with Gasteiger partial charge in [0.05, 0.1) is 5.52 Å². The normalized spacial score (nSPS) is 13.0. The Labute approximate surface area is 325 Å². The SMILES string of the molecule is C/C=C\C=C(/C)c1cc(-c2ccccc2)cc(-c2cc(-c3cc(-c4ccccc4)cc(-c4ccccc4)c3)cc(-n3c4c(c5ccccc53)CCCC4)c2)c1. The molecule has 9 rings (SSSR count). The van der Waals surface area contributed by atoms with E-state index in [1.807, 2.05) is 0 Å². The molecule has 0 saturated carbocycles. The monoisotopic (exact) mass is 707 g/mol. The van der Waals surface area contributed by atoms with Crippen molar-refractivity contribution in [2.75, 3.05) is 0 Å². The zero-order valence-electron chi connectivity index (χ0n) is 31.7. The first-order valence-electron chi connectivity index (χ1n) is 19.7. The summed E-state index contributed by atoms with van der Waals surface area (Å²) in [6.07, 6.45) is 11.1. The Morgan fingerprint density at radius 3 is 1.45 bits per heavy atom. The van der Waals surface area contributed by atoms with Crippen molar-refractivity contribution >= 4 is 16.5 Å². The fourth-order valence-electron chi connectivity index (χ4n) is 8.41. The molecule has 0 amide bonds. The van der Waals surface area contributed by atoms with Crippen molar-refractivity contribution in [3.63, 3.8) is 0 Å². The molecular formula is C54H45N. The van der Waals surface area contributed by atoms with E-state index in [0.717, 1.165) is 12.8 Å². The van der Waals surface area contributed by atoms with Crippen LogP contribution in [0.5, 0.6) is 0 Å². The van der Waals surface area contributed by atoms with Gasteiger partial charge in [0.1, 0.15) is 0 Å². The van der Waals surface area contributed by atoms with E-state index in [2.05, 4.69) is 207 Å². The molecule has 1 aliphatic carbocycles. The maximum absolute atomic E-state index is 2.58. The van der Waals surface area contributed by atoms with Crippen LogP contribution in [-0.4, -0.2) is 4.57 Å². The predicted molar refractivity (Wildman–Crippen MR) is 236 cm³/mol. The first-order chi connectivity index (χ1) is 27.1. The zero-order valence-corrected chi connectivity index (χ0v) is 31.7. The molecule has 0 spiro atoms. The zero-order chi connectivity index (χ0) is 37.1. The average molecular weight is 708 g/mol. The second-order valence-corrected chi connectivity index (χ2v) is 14.8. The maximum Gasteiger partial charge on any atom is 0.0534 e. The van der Waals surface area contributed by atoms with Crippen molar-refractivity contribution in [2.24, 2.45) is 0 Å². The lowest BCUT2D eigenvalue weighted by Gasteiger charge is -2.19. The first-order valence-corrected chi connectivity index (χ1v) is 19.7. The van der Waals surface area contributed by atoms with E-state index in [0.29, 0.717) is 0 Å². The van der Waals surface area contributed by atoms with Crippen LogP contribution in [0.2, 0.25) is 0 Å². The van der Waals surface area contributed by atoms with Crippen LogP contribution in [0.15, 0.2) is 188 Å². The van der Waals surface area contributed by atoms with Gasteiger partial charge in [0.15, 0.2) is 0 Å². The van der Waals surface area contributed by atoms with E-state index in [1.54, 1.807) is 0 Å². The summed E-state index contributed by atoms with van der Waals surface area (Å²) in [4.78, 5) is 0. The number of nitrogens with zero attached hydrogens (tertiary/aromatic N) is 1. The topological polar surface area (TPSA) is 4.93 Å². The van der Waals surface area contributed by atoms with Gasteiger partial charge in [-0.3, -0.25) is 0 Å². The molecule has 0 saturated heterocycles. The van der Waals surface area contributed by atoms with E-state index >= 15 is 0 Å². The molecule has 0 fully saturated rings. The quantitative estimate of drug-likeness (QED) is 0.139. The average Bonchev–Trinajstić information content (AvgIpc) is 3.60. The summed E-state index contributed by atoms with van der Waals surface area (Å²) in [5.41, 5.74) is 20.1. The molecule has 0 bridgehead atoms. The highest BCUT2D eigenvalue weighted by atomic mass is 15.0. The van der Waals surface area contributed by atoms with Crippen LogP contribution >= 0.6 is 0 Å². The number of benzene rings is 7. The smallest absolute Gasteiger partial charge is 0.0534 e. The molecule has 0 atom stereocenters. The van der Waals surface area contributed by atoms with E-state index in [9.17, 15) is 0 Å². The third-order valence-electron chi connectivity index (χ3n) is 11.2. The number of fused-ring (bicyclic) bond motifs is 3. The fourth-order valence-corrected chi connectivity index (χ4v) is 8.41. The fraction of sp³-hybridized carbons (Fsp3) is 0.111. The molecule has 1 heterocycles. The largest absolute Gasteiger partial charge is 0.313 e. The second-order valence-electron chi connectivity index (χ2n) is 14.8. The number of aryl methyl sites for hydroxylation is 1. The lowest BCUT2D eigenvalue weighted by molar-refractivity contribution is 0.667. The predicted octanol–water partition coefficient (Wildman–Crippen LogP) is 14.8. The minimum atomic E-state index is 1.09. The third kappa shape index (κ3) is 6.91. The van der Waals surface area contributed by atoms with Gasteiger partial charge in [0, 0.05) is 16.8 Å². The molecule has 1 heteroatoms. The lowest BCUT2D eigenvalue weighted by Crippen LogP contribution is -2.07. The summed E-state index contributed by atoms with van der Waals surface area (Å²) in [7, 11) is 0. The van der Waals surface area contributed by atoms with E-state index in [1.165, 1.54) is 107 Å².